The maximum Gasteiger partial charge on any atom is 0.0689 e. The van der Waals surface area contributed by atoms with Crippen LogP contribution in [0.15, 0.2) is 0 Å². The second-order valence-corrected chi connectivity index (χ2v) is 4.25. The summed E-state index contributed by atoms with van der Waals surface area (Å²) in [6, 6.07) is 0. The van der Waals surface area contributed by atoms with Crippen LogP contribution in [0.1, 0.15) is 54.4 Å². The van der Waals surface area contributed by atoms with Gasteiger partial charge < -0.3 is 4.74 Å². The van der Waals surface area contributed by atoms with Crippen molar-refractivity contribution >= 4 is 0 Å². The molecule has 0 spiro atoms. The monoisotopic (exact) mass is 158 g/mol. The molecular weight excluding hydrogens is 136 g/mol. The lowest BCUT2D eigenvalue weighted by atomic mass is 10.1. The van der Waals surface area contributed by atoms with E-state index in [1.54, 1.807) is 0 Å². The Labute approximate surface area is 71.1 Å². The minimum atomic E-state index is 0. The van der Waals surface area contributed by atoms with Crippen LogP contribution in [0.5, 0.6) is 0 Å². The van der Waals surface area contributed by atoms with E-state index in [1.807, 2.05) is 0 Å². The zero-order valence-electron chi connectivity index (χ0n) is 7.53. The van der Waals surface area contributed by atoms with Crippen LogP contribution in [0.3, 0.4) is 0 Å². The third-order valence-corrected chi connectivity index (χ3v) is 1.97. The first-order chi connectivity index (χ1) is 4.47. The van der Waals surface area contributed by atoms with Gasteiger partial charge in [-0.1, -0.05) is 14.4 Å². The van der Waals surface area contributed by atoms with Crippen molar-refractivity contribution in [3.8, 4) is 0 Å². The Bertz CT molecular complexity index is 117. The second kappa shape index (κ2) is 3.14. The molecule has 1 aliphatic rings. The molecule has 1 fully saturated rings. The fourth-order valence-corrected chi connectivity index (χ4v) is 1.32. The van der Waals surface area contributed by atoms with E-state index in [0.717, 1.165) is 0 Å². The number of hydrogen-bond acceptors (Lipinski definition) is 1. The molecular formula is C10H22O. The molecule has 0 heterocycles. The Morgan fingerprint density at radius 1 is 1.27 bits per heavy atom. The highest BCUT2D eigenvalue weighted by molar-refractivity contribution is 4.96. The van der Waals surface area contributed by atoms with Gasteiger partial charge in [-0.3, -0.25) is 0 Å². The topological polar surface area (TPSA) is 9.23 Å². The molecule has 1 rings (SSSR count). The highest BCUT2D eigenvalue weighted by Crippen LogP contribution is 2.45. The molecule has 0 aromatic heterocycles. The fraction of sp³-hybridized carbons (Fsp3) is 1.00. The summed E-state index contributed by atoms with van der Waals surface area (Å²) in [6.45, 7) is 8.59. The van der Waals surface area contributed by atoms with E-state index in [0.29, 0.717) is 0 Å². The highest BCUT2D eigenvalue weighted by atomic mass is 16.5. The van der Waals surface area contributed by atoms with Crippen LogP contribution >= 0.6 is 0 Å². The number of hydrogen-bond donors (Lipinski definition) is 0. The number of rotatable bonds is 2. The number of ether oxygens (including phenoxy) is 1. The minimum absolute atomic E-state index is 0. The van der Waals surface area contributed by atoms with E-state index in [-0.39, 0.29) is 18.6 Å². The first-order valence-corrected chi connectivity index (χ1v) is 4.18. The van der Waals surface area contributed by atoms with Gasteiger partial charge in [0, 0.05) is 0 Å². The first kappa shape index (κ1) is 11.0. The van der Waals surface area contributed by atoms with E-state index in [4.69, 9.17) is 4.74 Å². The molecule has 0 radical (unpaired) electrons. The molecule has 0 amide bonds. The highest BCUT2D eigenvalue weighted by Gasteiger charge is 2.44. The zero-order valence-corrected chi connectivity index (χ0v) is 7.53. The SMILES string of the molecule is C.CCC1(OC(C)(C)C)CC1. The van der Waals surface area contributed by atoms with Crippen LogP contribution in [0.25, 0.3) is 0 Å². The summed E-state index contributed by atoms with van der Waals surface area (Å²) in [6.07, 6.45) is 3.70. The van der Waals surface area contributed by atoms with Crippen molar-refractivity contribution in [2.75, 3.05) is 0 Å². The van der Waals surface area contributed by atoms with Crippen LogP contribution < -0.4 is 0 Å². The summed E-state index contributed by atoms with van der Waals surface area (Å²) in [5.41, 5.74) is 0.324. The molecule has 0 aliphatic heterocycles. The standard InChI is InChI=1S/C9H18O.CH4/c1-5-9(6-7-9)10-8(2,3)4;/h5-7H2,1-4H3;1H4. The maximum absolute atomic E-state index is 5.89. The maximum atomic E-state index is 5.89. The van der Waals surface area contributed by atoms with Gasteiger partial charge >= 0.3 is 0 Å². The van der Waals surface area contributed by atoms with Gasteiger partial charge in [0.1, 0.15) is 0 Å². The van der Waals surface area contributed by atoms with Gasteiger partial charge in [0.05, 0.1) is 11.2 Å². The van der Waals surface area contributed by atoms with Gasteiger partial charge in [-0.05, 0) is 40.0 Å². The largest absolute Gasteiger partial charge is 0.369 e. The van der Waals surface area contributed by atoms with E-state index in [2.05, 4.69) is 27.7 Å². The van der Waals surface area contributed by atoms with Crippen molar-refractivity contribution in [1.29, 1.82) is 0 Å². The molecule has 68 valence electrons. The Balaban J connectivity index is 0.000001000. The van der Waals surface area contributed by atoms with Crippen molar-refractivity contribution in [1.82, 2.24) is 0 Å². The molecule has 1 saturated carbocycles. The van der Waals surface area contributed by atoms with E-state index >= 15 is 0 Å². The van der Waals surface area contributed by atoms with Crippen molar-refractivity contribution in [3.63, 3.8) is 0 Å². The minimum Gasteiger partial charge on any atom is -0.369 e. The van der Waals surface area contributed by atoms with Crippen LogP contribution in [0, 0.1) is 0 Å². The predicted molar refractivity (Wildman–Crippen MR) is 49.8 cm³/mol. The van der Waals surface area contributed by atoms with Gasteiger partial charge in [-0.15, -0.1) is 0 Å². The normalized spacial score (nSPS) is 20.7. The Morgan fingerprint density at radius 2 is 1.73 bits per heavy atom. The van der Waals surface area contributed by atoms with Gasteiger partial charge in [0.15, 0.2) is 0 Å². The van der Waals surface area contributed by atoms with Crippen LogP contribution in [-0.2, 0) is 4.74 Å². The quantitative estimate of drug-likeness (QED) is 0.598. The lowest BCUT2D eigenvalue weighted by Crippen LogP contribution is -2.28. The average Bonchev–Trinajstić information content (AvgIpc) is 2.45. The summed E-state index contributed by atoms with van der Waals surface area (Å²) in [4.78, 5) is 0. The Morgan fingerprint density at radius 3 is 1.82 bits per heavy atom. The van der Waals surface area contributed by atoms with E-state index in [1.165, 1.54) is 19.3 Å². The molecule has 1 aliphatic carbocycles. The molecule has 1 heteroatoms. The lowest BCUT2D eigenvalue weighted by Gasteiger charge is -2.26. The third-order valence-electron chi connectivity index (χ3n) is 1.97. The molecule has 0 aromatic rings. The first-order valence-electron chi connectivity index (χ1n) is 4.18. The Kier molecular flexibility index (Phi) is 3.13. The van der Waals surface area contributed by atoms with E-state index in [9.17, 15) is 0 Å². The molecule has 0 atom stereocenters. The van der Waals surface area contributed by atoms with Crippen molar-refractivity contribution < 1.29 is 4.74 Å². The van der Waals surface area contributed by atoms with Crippen molar-refractivity contribution in [2.24, 2.45) is 0 Å². The van der Waals surface area contributed by atoms with Gasteiger partial charge in [-0.2, -0.15) is 0 Å². The Hall–Kier alpha value is -0.0400. The summed E-state index contributed by atoms with van der Waals surface area (Å²) in [5, 5.41) is 0. The summed E-state index contributed by atoms with van der Waals surface area (Å²) < 4.78 is 5.89. The molecule has 0 N–H and O–H groups in total. The molecule has 0 saturated heterocycles. The summed E-state index contributed by atoms with van der Waals surface area (Å²) in [7, 11) is 0. The van der Waals surface area contributed by atoms with Crippen LogP contribution in [0.4, 0.5) is 0 Å². The third kappa shape index (κ3) is 3.24. The predicted octanol–water partition coefficient (Wildman–Crippen LogP) is 3.38. The van der Waals surface area contributed by atoms with Crippen molar-refractivity contribution in [2.45, 2.75) is 65.6 Å². The van der Waals surface area contributed by atoms with Gasteiger partial charge in [0.25, 0.3) is 0 Å². The fourth-order valence-electron chi connectivity index (χ4n) is 1.32. The second-order valence-electron chi connectivity index (χ2n) is 4.25. The van der Waals surface area contributed by atoms with Gasteiger partial charge in [-0.25, -0.2) is 0 Å². The summed E-state index contributed by atoms with van der Waals surface area (Å²) >= 11 is 0. The molecule has 0 aromatic carbocycles. The molecule has 1 nitrogen and oxygen atoms in total. The van der Waals surface area contributed by atoms with Crippen molar-refractivity contribution in [3.05, 3.63) is 0 Å². The van der Waals surface area contributed by atoms with Crippen LogP contribution in [-0.4, -0.2) is 11.2 Å². The summed E-state index contributed by atoms with van der Waals surface area (Å²) in [5.74, 6) is 0. The molecule has 11 heavy (non-hydrogen) atoms. The van der Waals surface area contributed by atoms with Gasteiger partial charge in [0.2, 0.25) is 0 Å². The lowest BCUT2D eigenvalue weighted by molar-refractivity contribution is -0.0773. The van der Waals surface area contributed by atoms with Crippen LogP contribution in [0.2, 0.25) is 0 Å². The smallest absolute Gasteiger partial charge is 0.0689 e. The molecule has 0 bridgehead atoms. The zero-order chi connectivity index (χ0) is 7.83. The molecule has 0 unspecified atom stereocenters. The average molecular weight is 158 g/mol. The van der Waals surface area contributed by atoms with E-state index < -0.39 is 0 Å².